The first-order chi connectivity index (χ1) is 10.8. The number of benzene rings is 1. The number of carbonyl (C=O) groups is 1. The quantitative estimate of drug-likeness (QED) is 0.685. The van der Waals surface area contributed by atoms with Crippen LogP contribution >= 0.6 is 24.2 Å². The third-order valence-electron chi connectivity index (χ3n) is 3.53. The second-order valence-electron chi connectivity index (χ2n) is 5.68. The van der Waals surface area contributed by atoms with Gasteiger partial charge in [-0.15, -0.1) is 12.4 Å². The number of thioether (sulfide) groups is 1. The van der Waals surface area contributed by atoms with Gasteiger partial charge in [0, 0.05) is 30.5 Å². The van der Waals surface area contributed by atoms with Crippen molar-refractivity contribution in [2.75, 3.05) is 29.0 Å². The van der Waals surface area contributed by atoms with Gasteiger partial charge in [-0.1, -0.05) is 18.2 Å². The highest BCUT2D eigenvalue weighted by molar-refractivity contribution is 7.99. The number of sulfonamides is 1. The fourth-order valence-electron chi connectivity index (χ4n) is 2.52. The van der Waals surface area contributed by atoms with Crippen LogP contribution in [0.2, 0.25) is 0 Å². The smallest absolute Gasteiger partial charge is 0.229 e. The molecule has 136 valence electrons. The van der Waals surface area contributed by atoms with E-state index in [1.807, 2.05) is 30.8 Å². The summed E-state index contributed by atoms with van der Waals surface area (Å²) >= 11 is 1.85. The summed E-state index contributed by atoms with van der Waals surface area (Å²) in [5.41, 5.74) is 1.24. The Hall–Kier alpha value is -0.960. The molecule has 1 amide bonds. The maximum Gasteiger partial charge on any atom is 0.229 e. The zero-order chi connectivity index (χ0) is 16.9. The standard InChI is InChI=1S/C15H23N3O3S2.ClH/c1-11(17-15(19)9-12-10-22-8-7-16-12)13-5-3-4-6-14(13)18-23(2,20)21;/h3-6,11-12,16,18H,7-10H2,1-2H3,(H,17,19);1H. The number of anilines is 1. The second-order valence-corrected chi connectivity index (χ2v) is 8.58. The largest absolute Gasteiger partial charge is 0.349 e. The molecular formula is C15H24ClN3O3S2. The van der Waals surface area contributed by atoms with Crippen LogP contribution in [0.25, 0.3) is 0 Å². The Balaban J connectivity index is 0.00000288. The molecule has 1 aromatic rings. The van der Waals surface area contributed by atoms with Gasteiger partial charge in [0.1, 0.15) is 0 Å². The number of rotatable bonds is 6. The van der Waals surface area contributed by atoms with Crippen molar-refractivity contribution >= 4 is 45.8 Å². The number of amides is 1. The van der Waals surface area contributed by atoms with Gasteiger partial charge >= 0.3 is 0 Å². The van der Waals surface area contributed by atoms with E-state index >= 15 is 0 Å². The van der Waals surface area contributed by atoms with Crippen LogP contribution in [0, 0.1) is 0 Å². The number of para-hydroxylation sites is 1. The van der Waals surface area contributed by atoms with Crippen LogP contribution in [0.5, 0.6) is 0 Å². The van der Waals surface area contributed by atoms with Gasteiger partial charge in [-0.3, -0.25) is 9.52 Å². The number of hydrogen-bond donors (Lipinski definition) is 3. The fourth-order valence-corrected chi connectivity index (χ4v) is 4.05. The molecule has 1 aliphatic heterocycles. The number of halogens is 1. The molecule has 2 unspecified atom stereocenters. The average Bonchev–Trinajstić information content (AvgIpc) is 2.47. The van der Waals surface area contributed by atoms with E-state index in [1.165, 1.54) is 0 Å². The first-order valence-corrected chi connectivity index (χ1v) is 10.6. The third kappa shape index (κ3) is 6.88. The Morgan fingerprint density at radius 1 is 1.42 bits per heavy atom. The van der Waals surface area contributed by atoms with Gasteiger partial charge in [-0.05, 0) is 18.6 Å². The Labute approximate surface area is 154 Å². The predicted molar refractivity (Wildman–Crippen MR) is 102 cm³/mol. The maximum absolute atomic E-state index is 12.2. The van der Waals surface area contributed by atoms with Gasteiger partial charge in [-0.25, -0.2) is 8.42 Å². The normalized spacial score (nSPS) is 19.0. The summed E-state index contributed by atoms with van der Waals surface area (Å²) < 4.78 is 25.4. The summed E-state index contributed by atoms with van der Waals surface area (Å²) in [7, 11) is -3.36. The lowest BCUT2D eigenvalue weighted by Gasteiger charge is -2.24. The van der Waals surface area contributed by atoms with Gasteiger partial charge in [0.25, 0.3) is 0 Å². The third-order valence-corrected chi connectivity index (χ3v) is 5.25. The summed E-state index contributed by atoms with van der Waals surface area (Å²) in [5.74, 6) is 1.99. The first kappa shape index (κ1) is 21.1. The van der Waals surface area contributed by atoms with Crippen LogP contribution in [0.1, 0.15) is 24.9 Å². The Morgan fingerprint density at radius 3 is 2.75 bits per heavy atom. The molecule has 0 spiro atoms. The molecule has 0 saturated carbocycles. The van der Waals surface area contributed by atoms with Crippen molar-refractivity contribution in [2.45, 2.75) is 25.4 Å². The second kappa shape index (κ2) is 9.50. The van der Waals surface area contributed by atoms with E-state index in [0.717, 1.165) is 29.9 Å². The lowest BCUT2D eigenvalue weighted by molar-refractivity contribution is -0.122. The molecule has 1 aromatic carbocycles. The SMILES string of the molecule is CC(NC(=O)CC1CSCCN1)c1ccccc1NS(C)(=O)=O.Cl. The molecule has 0 aromatic heterocycles. The molecule has 1 saturated heterocycles. The molecule has 1 fully saturated rings. The molecule has 9 heteroatoms. The minimum Gasteiger partial charge on any atom is -0.349 e. The molecular weight excluding hydrogens is 370 g/mol. The molecule has 2 rings (SSSR count). The molecule has 3 N–H and O–H groups in total. The van der Waals surface area contributed by atoms with Crippen LogP contribution in [0.4, 0.5) is 5.69 Å². The molecule has 0 radical (unpaired) electrons. The Kier molecular flexibility index (Phi) is 8.35. The van der Waals surface area contributed by atoms with Crippen molar-refractivity contribution in [3.63, 3.8) is 0 Å². The van der Waals surface area contributed by atoms with Crippen molar-refractivity contribution in [3.05, 3.63) is 29.8 Å². The monoisotopic (exact) mass is 393 g/mol. The lowest BCUT2D eigenvalue weighted by Crippen LogP contribution is -2.41. The highest BCUT2D eigenvalue weighted by Crippen LogP contribution is 2.23. The van der Waals surface area contributed by atoms with Crippen LogP contribution in [0.3, 0.4) is 0 Å². The van der Waals surface area contributed by atoms with E-state index in [9.17, 15) is 13.2 Å². The molecule has 2 atom stereocenters. The lowest BCUT2D eigenvalue weighted by atomic mass is 10.1. The van der Waals surface area contributed by atoms with Crippen LogP contribution in [0.15, 0.2) is 24.3 Å². The molecule has 6 nitrogen and oxygen atoms in total. The average molecular weight is 394 g/mol. The first-order valence-electron chi connectivity index (χ1n) is 7.52. The van der Waals surface area contributed by atoms with Gasteiger partial charge in [0.15, 0.2) is 0 Å². The molecule has 1 heterocycles. The molecule has 24 heavy (non-hydrogen) atoms. The van der Waals surface area contributed by atoms with Crippen LogP contribution < -0.4 is 15.4 Å². The minimum absolute atomic E-state index is 0. The van der Waals surface area contributed by atoms with Gasteiger partial charge in [0.05, 0.1) is 18.0 Å². The van der Waals surface area contributed by atoms with E-state index in [4.69, 9.17) is 0 Å². The minimum atomic E-state index is -3.36. The maximum atomic E-state index is 12.2. The van der Waals surface area contributed by atoms with Crippen molar-refractivity contribution < 1.29 is 13.2 Å². The van der Waals surface area contributed by atoms with Gasteiger partial charge in [0.2, 0.25) is 15.9 Å². The predicted octanol–water partition coefficient (Wildman–Crippen LogP) is 1.75. The summed E-state index contributed by atoms with van der Waals surface area (Å²) in [6.45, 7) is 2.78. The summed E-state index contributed by atoms with van der Waals surface area (Å²) in [6.07, 6.45) is 1.54. The molecule has 0 bridgehead atoms. The summed E-state index contributed by atoms with van der Waals surface area (Å²) in [5, 5.41) is 6.28. The van der Waals surface area contributed by atoms with Crippen molar-refractivity contribution in [2.24, 2.45) is 0 Å². The van der Waals surface area contributed by atoms with Gasteiger partial charge < -0.3 is 10.6 Å². The number of nitrogens with one attached hydrogen (secondary N) is 3. The van der Waals surface area contributed by atoms with E-state index in [2.05, 4.69) is 15.4 Å². The highest BCUT2D eigenvalue weighted by Gasteiger charge is 2.19. The summed E-state index contributed by atoms with van der Waals surface area (Å²) in [6, 6.07) is 7.01. The van der Waals surface area contributed by atoms with Crippen LogP contribution in [-0.2, 0) is 14.8 Å². The zero-order valence-electron chi connectivity index (χ0n) is 13.7. The fraction of sp³-hybridized carbons (Fsp3) is 0.533. The van der Waals surface area contributed by atoms with E-state index in [1.54, 1.807) is 12.1 Å². The van der Waals surface area contributed by atoms with Crippen molar-refractivity contribution in [3.8, 4) is 0 Å². The van der Waals surface area contributed by atoms with E-state index in [0.29, 0.717) is 12.1 Å². The topological polar surface area (TPSA) is 87.3 Å². The molecule has 1 aliphatic rings. The Morgan fingerprint density at radius 2 is 2.12 bits per heavy atom. The Bertz CT molecular complexity index is 649. The number of carbonyl (C=O) groups excluding carboxylic acids is 1. The van der Waals surface area contributed by atoms with Crippen molar-refractivity contribution in [1.82, 2.24) is 10.6 Å². The van der Waals surface area contributed by atoms with E-state index < -0.39 is 10.0 Å². The zero-order valence-corrected chi connectivity index (χ0v) is 16.2. The van der Waals surface area contributed by atoms with Gasteiger partial charge in [-0.2, -0.15) is 11.8 Å². The summed E-state index contributed by atoms with van der Waals surface area (Å²) in [4.78, 5) is 12.2. The molecule has 0 aliphatic carbocycles. The van der Waals surface area contributed by atoms with Crippen molar-refractivity contribution in [1.29, 1.82) is 0 Å². The van der Waals surface area contributed by atoms with Crippen LogP contribution in [-0.4, -0.2) is 44.7 Å². The number of hydrogen-bond acceptors (Lipinski definition) is 5. The highest BCUT2D eigenvalue weighted by atomic mass is 35.5. The van der Waals surface area contributed by atoms with E-state index in [-0.39, 0.29) is 30.4 Å².